The molecule has 0 radical (unpaired) electrons. The van der Waals surface area contributed by atoms with Crippen LogP contribution in [-0.2, 0) is 9.53 Å². The molecule has 1 unspecified atom stereocenters. The summed E-state index contributed by atoms with van der Waals surface area (Å²) in [6.45, 7) is 3.85. The lowest BCUT2D eigenvalue weighted by Gasteiger charge is -2.14. The number of rotatable bonds is 7. The Labute approximate surface area is 141 Å². The summed E-state index contributed by atoms with van der Waals surface area (Å²) >= 11 is 0. The van der Waals surface area contributed by atoms with Crippen LogP contribution in [0.3, 0.4) is 0 Å². The molecule has 0 fully saturated rings. The number of amides is 1. The van der Waals surface area contributed by atoms with E-state index in [9.17, 15) is 9.59 Å². The fraction of sp³-hybridized carbons (Fsp3) is 0.263. The quantitative estimate of drug-likeness (QED) is 0.794. The molecule has 0 aliphatic rings. The first-order valence-electron chi connectivity index (χ1n) is 7.84. The van der Waals surface area contributed by atoms with Gasteiger partial charge in [0.15, 0.2) is 6.61 Å². The second-order valence-electron chi connectivity index (χ2n) is 5.24. The molecule has 0 aromatic heterocycles. The molecule has 0 aliphatic carbocycles. The van der Waals surface area contributed by atoms with Crippen LogP contribution < -0.4 is 10.1 Å². The Bertz CT molecular complexity index is 685. The normalized spacial score (nSPS) is 11.4. The first-order valence-corrected chi connectivity index (χ1v) is 7.84. The molecule has 24 heavy (non-hydrogen) atoms. The number of benzene rings is 2. The van der Waals surface area contributed by atoms with E-state index in [0.29, 0.717) is 17.9 Å². The molecule has 0 heterocycles. The van der Waals surface area contributed by atoms with Crippen LogP contribution in [0, 0.1) is 0 Å². The van der Waals surface area contributed by atoms with Crippen LogP contribution >= 0.6 is 0 Å². The number of esters is 1. The van der Waals surface area contributed by atoms with E-state index in [1.54, 1.807) is 31.2 Å². The molecular weight excluding hydrogens is 306 g/mol. The third-order valence-corrected chi connectivity index (χ3v) is 3.39. The van der Waals surface area contributed by atoms with Crippen molar-refractivity contribution in [3.63, 3.8) is 0 Å². The highest BCUT2D eigenvalue weighted by Crippen LogP contribution is 2.15. The van der Waals surface area contributed by atoms with Crippen LogP contribution in [0.25, 0.3) is 0 Å². The summed E-state index contributed by atoms with van der Waals surface area (Å²) in [5.74, 6) is -0.193. The third kappa shape index (κ3) is 5.12. The molecule has 2 aromatic rings. The third-order valence-electron chi connectivity index (χ3n) is 3.39. The zero-order valence-electron chi connectivity index (χ0n) is 13.8. The predicted molar refractivity (Wildman–Crippen MR) is 90.9 cm³/mol. The van der Waals surface area contributed by atoms with Crippen molar-refractivity contribution in [3.05, 3.63) is 65.7 Å². The highest BCUT2D eigenvalue weighted by molar-refractivity contribution is 5.89. The molecule has 0 saturated heterocycles. The van der Waals surface area contributed by atoms with Crippen molar-refractivity contribution < 1.29 is 19.1 Å². The van der Waals surface area contributed by atoms with Crippen molar-refractivity contribution in [2.24, 2.45) is 0 Å². The van der Waals surface area contributed by atoms with Crippen molar-refractivity contribution in [2.75, 3.05) is 13.2 Å². The summed E-state index contributed by atoms with van der Waals surface area (Å²) in [4.78, 5) is 23.7. The Morgan fingerprint density at radius 3 is 2.54 bits per heavy atom. The maximum absolute atomic E-state index is 12.0. The highest BCUT2D eigenvalue weighted by atomic mass is 16.5. The van der Waals surface area contributed by atoms with E-state index >= 15 is 0 Å². The molecule has 0 bridgehead atoms. The fourth-order valence-corrected chi connectivity index (χ4v) is 2.18. The summed E-state index contributed by atoms with van der Waals surface area (Å²) in [5.41, 5.74) is 1.42. The molecule has 0 saturated carbocycles. The van der Waals surface area contributed by atoms with Crippen molar-refractivity contribution in [1.29, 1.82) is 0 Å². The Hall–Kier alpha value is -2.82. The van der Waals surface area contributed by atoms with E-state index in [-0.39, 0.29) is 18.6 Å². The van der Waals surface area contributed by atoms with Gasteiger partial charge in [0.1, 0.15) is 5.75 Å². The minimum atomic E-state index is -0.412. The van der Waals surface area contributed by atoms with Crippen LogP contribution in [0.15, 0.2) is 54.6 Å². The van der Waals surface area contributed by atoms with Crippen LogP contribution in [0.1, 0.15) is 35.8 Å². The van der Waals surface area contributed by atoms with Crippen molar-refractivity contribution in [3.8, 4) is 5.75 Å². The predicted octanol–water partition coefficient (Wildman–Crippen LogP) is 3.12. The van der Waals surface area contributed by atoms with E-state index in [0.717, 1.165) is 5.56 Å². The van der Waals surface area contributed by atoms with Gasteiger partial charge in [0.2, 0.25) is 0 Å². The van der Waals surface area contributed by atoms with Crippen LogP contribution in [-0.4, -0.2) is 25.1 Å². The van der Waals surface area contributed by atoms with Gasteiger partial charge >= 0.3 is 5.97 Å². The van der Waals surface area contributed by atoms with E-state index in [4.69, 9.17) is 9.47 Å². The highest BCUT2D eigenvalue weighted by Gasteiger charge is 2.11. The van der Waals surface area contributed by atoms with Crippen LogP contribution in [0.2, 0.25) is 0 Å². The molecule has 0 aliphatic heterocycles. The lowest BCUT2D eigenvalue weighted by molar-refractivity contribution is -0.123. The first-order chi connectivity index (χ1) is 11.6. The molecule has 1 N–H and O–H groups in total. The van der Waals surface area contributed by atoms with Gasteiger partial charge in [-0.1, -0.05) is 36.4 Å². The van der Waals surface area contributed by atoms with Gasteiger partial charge in [-0.25, -0.2) is 4.79 Å². The van der Waals surface area contributed by atoms with Crippen molar-refractivity contribution in [2.45, 2.75) is 19.9 Å². The molecule has 126 valence electrons. The van der Waals surface area contributed by atoms with Gasteiger partial charge in [-0.3, -0.25) is 4.79 Å². The van der Waals surface area contributed by atoms with Crippen LogP contribution in [0.4, 0.5) is 0 Å². The Kier molecular flexibility index (Phi) is 6.37. The second kappa shape index (κ2) is 8.72. The number of carbonyl (C=O) groups is 2. The smallest absolute Gasteiger partial charge is 0.338 e. The van der Waals surface area contributed by atoms with Gasteiger partial charge in [0.05, 0.1) is 18.2 Å². The average Bonchev–Trinajstić information content (AvgIpc) is 2.61. The summed E-state index contributed by atoms with van der Waals surface area (Å²) in [6.07, 6.45) is 0. The molecule has 0 spiro atoms. The largest absolute Gasteiger partial charge is 0.484 e. The topological polar surface area (TPSA) is 64.6 Å². The second-order valence-corrected chi connectivity index (χ2v) is 5.24. The Balaban J connectivity index is 1.87. The summed E-state index contributed by atoms with van der Waals surface area (Å²) in [5, 5.41) is 2.87. The van der Waals surface area contributed by atoms with Gasteiger partial charge in [0.25, 0.3) is 5.91 Å². The number of nitrogens with one attached hydrogen (secondary N) is 1. The molecular formula is C19H21NO4. The summed E-state index contributed by atoms with van der Waals surface area (Å²) < 4.78 is 10.4. The monoisotopic (exact) mass is 327 g/mol. The van der Waals surface area contributed by atoms with E-state index in [1.165, 1.54) is 0 Å². The van der Waals surface area contributed by atoms with E-state index in [1.807, 2.05) is 37.3 Å². The number of hydrogen-bond acceptors (Lipinski definition) is 4. The van der Waals surface area contributed by atoms with Crippen molar-refractivity contribution in [1.82, 2.24) is 5.32 Å². The minimum Gasteiger partial charge on any atom is -0.484 e. The molecule has 2 aromatic carbocycles. The van der Waals surface area contributed by atoms with Gasteiger partial charge in [-0.05, 0) is 37.6 Å². The fourth-order valence-electron chi connectivity index (χ4n) is 2.18. The maximum atomic E-state index is 12.0. The first kappa shape index (κ1) is 17.5. The molecule has 5 nitrogen and oxygen atoms in total. The lowest BCUT2D eigenvalue weighted by atomic mass is 10.1. The molecule has 1 amide bonds. The van der Waals surface area contributed by atoms with Gasteiger partial charge in [0, 0.05) is 0 Å². The average molecular weight is 327 g/mol. The standard InChI is InChI=1S/C19H21NO4/c1-3-23-19(22)16-10-7-11-17(12-16)24-13-18(21)20-14(2)15-8-5-4-6-9-15/h4-12,14H,3,13H2,1-2H3,(H,20,21). The number of ether oxygens (including phenoxy) is 2. The van der Waals surface area contributed by atoms with Gasteiger partial charge in [-0.15, -0.1) is 0 Å². The molecule has 5 heteroatoms. The van der Waals surface area contributed by atoms with Gasteiger partial charge < -0.3 is 14.8 Å². The van der Waals surface area contributed by atoms with E-state index in [2.05, 4.69) is 5.32 Å². The summed E-state index contributed by atoms with van der Waals surface area (Å²) in [7, 11) is 0. The van der Waals surface area contributed by atoms with E-state index < -0.39 is 5.97 Å². The SMILES string of the molecule is CCOC(=O)c1cccc(OCC(=O)NC(C)c2ccccc2)c1. The summed E-state index contributed by atoms with van der Waals surface area (Å²) in [6, 6.07) is 16.2. The Morgan fingerprint density at radius 1 is 1.08 bits per heavy atom. The maximum Gasteiger partial charge on any atom is 0.338 e. The molecule has 2 rings (SSSR count). The Morgan fingerprint density at radius 2 is 1.83 bits per heavy atom. The van der Waals surface area contributed by atoms with Gasteiger partial charge in [-0.2, -0.15) is 0 Å². The number of hydrogen-bond donors (Lipinski definition) is 1. The van der Waals surface area contributed by atoms with Crippen molar-refractivity contribution >= 4 is 11.9 Å². The zero-order valence-corrected chi connectivity index (χ0v) is 13.8. The van der Waals surface area contributed by atoms with Crippen LogP contribution in [0.5, 0.6) is 5.75 Å². The minimum absolute atomic E-state index is 0.104. The lowest BCUT2D eigenvalue weighted by Crippen LogP contribution is -2.31. The number of carbonyl (C=O) groups excluding carboxylic acids is 2. The molecule has 1 atom stereocenters. The zero-order chi connectivity index (χ0) is 17.4.